The van der Waals surface area contributed by atoms with Gasteiger partial charge in [0, 0.05) is 39.1 Å². The third-order valence-corrected chi connectivity index (χ3v) is 7.39. The van der Waals surface area contributed by atoms with Crippen LogP contribution < -0.4 is 9.62 Å². The molecule has 0 spiro atoms. The molecule has 0 saturated carbocycles. The Morgan fingerprint density at radius 3 is 2.50 bits per heavy atom. The third kappa shape index (κ3) is 4.56. The molecule has 1 aliphatic rings. The highest BCUT2D eigenvalue weighted by molar-refractivity contribution is 7.91. The van der Waals surface area contributed by atoms with E-state index in [-0.39, 0.29) is 23.1 Å². The number of carbonyl (C=O) groups is 1. The third-order valence-electron chi connectivity index (χ3n) is 4.22. The number of halogens is 1. The van der Waals surface area contributed by atoms with Crippen LogP contribution in [0.3, 0.4) is 0 Å². The van der Waals surface area contributed by atoms with Crippen molar-refractivity contribution in [3.63, 3.8) is 0 Å². The summed E-state index contributed by atoms with van der Waals surface area (Å²) in [5, 5.41) is 2.41. The lowest BCUT2D eigenvalue weighted by Crippen LogP contribution is -2.49. The average molecular weight is 414 g/mol. The number of amides is 1. The van der Waals surface area contributed by atoms with Crippen LogP contribution in [0.25, 0.3) is 0 Å². The minimum absolute atomic E-state index is 0.0438. The molecule has 3 rings (SSSR count). The predicted molar refractivity (Wildman–Crippen MR) is 104 cm³/mol. The molecule has 140 valence electrons. The molecule has 0 aliphatic carbocycles. The van der Waals surface area contributed by atoms with Crippen LogP contribution in [0.15, 0.2) is 46.0 Å². The molecule has 1 aromatic carbocycles. The molecule has 1 N–H and O–H groups in total. The zero-order chi connectivity index (χ0) is 18.6. The summed E-state index contributed by atoms with van der Waals surface area (Å²) in [6.45, 7) is 2.71. The molecule has 1 saturated heterocycles. The highest BCUT2D eigenvalue weighted by Gasteiger charge is 2.23. The summed E-state index contributed by atoms with van der Waals surface area (Å²) in [5.74, 6) is -0.0438. The van der Waals surface area contributed by atoms with Crippen LogP contribution >= 0.6 is 22.9 Å². The first-order valence-electron chi connectivity index (χ1n) is 8.28. The van der Waals surface area contributed by atoms with Gasteiger partial charge >= 0.3 is 0 Å². The molecule has 6 nitrogen and oxygen atoms in total. The molecule has 0 bridgehead atoms. The summed E-state index contributed by atoms with van der Waals surface area (Å²) in [5.41, 5.74) is 0.977. The Balaban J connectivity index is 1.46. The fourth-order valence-electron chi connectivity index (χ4n) is 2.84. The number of nitrogens with one attached hydrogen (secondary N) is 1. The zero-order valence-corrected chi connectivity index (χ0v) is 16.5. The Labute approximate surface area is 162 Å². The number of para-hydroxylation sites is 1. The van der Waals surface area contributed by atoms with E-state index in [1.165, 1.54) is 0 Å². The van der Waals surface area contributed by atoms with Gasteiger partial charge in [0.15, 0.2) is 0 Å². The second kappa shape index (κ2) is 8.39. The zero-order valence-electron chi connectivity index (χ0n) is 14.1. The van der Waals surface area contributed by atoms with Gasteiger partial charge in [-0.15, -0.1) is 11.3 Å². The maximum Gasteiger partial charge on any atom is 0.250 e. The normalized spacial score (nSPS) is 15.3. The molecule has 0 radical (unpaired) electrons. The number of carbonyl (C=O) groups excluding carboxylic acids is 1. The van der Waals surface area contributed by atoms with Gasteiger partial charge in [0.25, 0.3) is 0 Å². The molecule has 2 heterocycles. The lowest BCUT2D eigenvalue weighted by atomic mass is 10.2. The van der Waals surface area contributed by atoms with Crippen molar-refractivity contribution in [1.82, 2.24) is 9.62 Å². The van der Waals surface area contributed by atoms with Gasteiger partial charge in [0.05, 0.1) is 10.7 Å². The van der Waals surface area contributed by atoms with Crippen molar-refractivity contribution >= 4 is 44.6 Å². The highest BCUT2D eigenvalue weighted by Crippen LogP contribution is 2.26. The fraction of sp³-hybridized carbons (Fsp3) is 0.353. The molecule has 1 amide bonds. The standard InChI is InChI=1S/C17H20ClN3O3S2/c18-14-4-1-2-5-15(14)20-9-11-21(12-10-20)16(22)7-8-19-26(23,24)17-6-3-13-25-17/h1-6,13,19H,7-12H2. The maximum absolute atomic E-state index is 12.3. The molecule has 1 aromatic heterocycles. The Morgan fingerprint density at radius 2 is 1.85 bits per heavy atom. The van der Waals surface area contributed by atoms with Gasteiger partial charge < -0.3 is 9.80 Å². The maximum atomic E-state index is 12.3. The van der Waals surface area contributed by atoms with Gasteiger partial charge in [-0.25, -0.2) is 13.1 Å². The summed E-state index contributed by atoms with van der Waals surface area (Å²) in [7, 11) is -3.52. The van der Waals surface area contributed by atoms with Crippen LogP contribution in [0.1, 0.15) is 6.42 Å². The fourth-order valence-corrected chi connectivity index (χ4v) is 5.17. The minimum Gasteiger partial charge on any atom is -0.367 e. The molecule has 1 fully saturated rings. The second-order valence-electron chi connectivity index (χ2n) is 5.90. The molecule has 2 aromatic rings. The van der Waals surface area contributed by atoms with Crippen LogP contribution in [0, 0.1) is 0 Å². The van der Waals surface area contributed by atoms with Crippen molar-refractivity contribution in [2.24, 2.45) is 0 Å². The smallest absolute Gasteiger partial charge is 0.250 e. The second-order valence-corrected chi connectivity index (χ2v) is 9.25. The summed E-state index contributed by atoms with van der Waals surface area (Å²) < 4.78 is 26.8. The number of anilines is 1. The van der Waals surface area contributed by atoms with Crippen molar-refractivity contribution in [2.75, 3.05) is 37.6 Å². The number of piperazine rings is 1. The van der Waals surface area contributed by atoms with E-state index < -0.39 is 10.0 Å². The summed E-state index contributed by atoms with van der Waals surface area (Å²) in [4.78, 5) is 16.3. The number of nitrogens with zero attached hydrogens (tertiary/aromatic N) is 2. The summed E-state index contributed by atoms with van der Waals surface area (Å²) in [6, 6.07) is 10.9. The van der Waals surface area contributed by atoms with E-state index in [1.54, 1.807) is 22.4 Å². The summed E-state index contributed by atoms with van der Waals surface area (Å²) in [6.07, 6.45) is 0.150. The SMILES string of the molecule is O=C(CCNS(=O)(=O)c1cccs1)N1CCN(c2ccccc2Cl)CC1. The van der Waals surface area contributed by atoms with Crippen LogP contribution in [0.2, 0.25) is 5.02 Å². The van der Waals surface area contributed by atoms with Crippen LogP contribution in [0.4, 0.5) is 5.69 Å². The van der Waals surface area contributed by atoms with E-state index >= 15 is 0 Å². The van der Waals surface area contributed by atoms with Crippen LogP contribution in [-0.4, -0.2) is 51.9 Å². The first kappa shape index (κ1) is 19.2. The molecule has 26 heavy (non-hydrogen) atoms. The summed E-state index contributed by atoms with van der Waals surface area (Å²) >= 11 is 7.38. The lowest BCUT2D eigenvalue weighted by Gasteiger charge is -2.36. The van der Waals surface area contributed by atoms with Gasteiger partial charge in [0.2, 0.25) is 15.9 Å². The number of hydrogen-bond donors (Lipinski definition) is 1. The minimum atomic E-state index is -3.52. The number of benzene rings is 1. The number of rotatable bonds is 6. The average Bonchev–Trinajstić information content (AvgIpc) is 3.18. The quantitative estimate of drug-likeness (QED) is 0.789. The van der Waals surface area contributed by atoms with Gasteiger partial charge in [-0.05, 0) is 23.6 Å². The molecular weight excluding hydrogens is 394 g/mol. The van der Waals surface area contributed by atoms with E-state index in [2.05, 4.69) is 9.62 Å². The van der Waals surface area contributed by atoms with E-state index in [0.717, 1.165) is 17.0 Å². The van der Waals surface area contributed by atoms with E-state index in [9.17, 15) is 13.2 Å². The van der Waals surface area contributed by atoms with Gasteiger partial charge in [0.1, 0.15) is 4.21 Å². The van der Waals surface area contributed by atoms with Crippen molar-refractivity contribution < 1.29 is 13.2 Å². The van der Waals surface area contributed by atoms with Gasteiger partial charge in [-0.2, -0.15) is 0 Å². The molecule has 0 unspecified atom stereocenters. The lowest BCUT2D eigenvalue weighted by molar-refractivity contribution is -0.131. The van der Waals surface area contributed by atoms with Crippen molar-refractivity contribution in [2.45, 2.75) is 10.6 Å². The largest absolute Gasteiger partial charge is 0.367 e. The Kier molecular flexibility index (Phi) is 6.18. The van der Waals surface area contributed by atoms with E-state index in [4.69, 9.17) is 11.6 Å². The van der Waals surface area contributed by atoms with Crippen LogP contribution in [0.5, 0.6) is 0 Å². The number of hydrogen-bond acceptors (Lipinski definition) is 5. The van der Waals surface area contributed by atoms with Crippen molar-refractivity contribution in [1.29, 1.82) is 0 Å². The highest BCUT2D eigenvalue weighted by atomic mass is 35.5. The van der Waals surface area contributed by atoms with Crippen molar-refractivity contribution in [3.8, 4) is 0 Å². The monoisotopic (exact) mass is 413 g/mol. The Morgan fingerprint density at radius 1 is 1.12 bits per heavy atom. The van der Waals surface area contributed by atoms with Crippen molar-refractivity contribution in [3.05, 3.63) is 46.8 Å². The first-order chi connectivity index (χ1) is 12.5. The van der Waals surface area contributed by atoms with Gasteiger partial charge in [-0.1, -0.05) is 29.8 Å². The number of sulfonamides is 1. The Hall–Kier alpha value is -1.61. The van der Waals surface area contributed by atoms with Crippen LogP contribution in [-0.2, 0) is 14.8 Å². The number of thiophene rings is 1. The van der Waals surface area contributed by atoms with E-state index in [1.807, 2.05) is 24.3 Å². The molecule has 1 aliphatic heterocycles. The molecular formula is C17H20ClN3O3S2. The topological polar surface area (TPSA) is 69.7 Å². The first-order valence-corrected chi connectivity index (χ1v) is 11.0. The van der Waals surface area contributed by atoms with E-state index in [0.29, 0.717) is 31.2 Å². The molecule has 0 atom stereocenters. The predicted octanol–water partition coefficient (Wildman–Crippen LogP) is 2.42. The molecule has 9 heteroatoms. The van der Waals surface area contributed by atoms with Gasteiger partial charge in [-0.3, -0.25) is 4.79 Å². The Bertz CT molecular complexity index is 848.